The van der Waals surface area contributed by atoms with Crippen LogP contribution < -0.4 is 5.73 Å². The maximum Gasteiger partial charge on any atom is 0.246 e. The summed E-state index contributed by atoms with van der Waals surface area (Å²) in [5.74, 6) is -3.13. The molecule has 5 nitrogen and oxygen atoms in total. The second-order valence-electron chi connectivity index (χ2n) is 7.24. The lowest BCUT2D eigenvalue weighted by atomic mass is 10.0. The molecule has 1 aromatic carbocycles. The summed E-state index contributed by atoms with van der Waals surface area (Å²) in [7, 11) is 0. The van der Waals surface area contributed by atoms with Crippen molar-refractivity contribution in [3.05, 3.63) is 58.7 Å². The summed E-state index contributed by atoms with van der Waals surface area (Å²) in [6.45, 7) is 2.24. The zero-order valence-corrected chi connectivity index (χ0v) is 14.8. The molecule has 3 aliphatic heterocycles. The van der Waals surface area contributed by atoms with Gasteiger partial charge in [0.2, 0.25) is 5.91 Å². The third-order valence-electron chi connectivity index (χ3n) is 5.43. The van der Waals surface area contributed by atoms with E-state index < -0.39 is 23.4 Å². The number of hydrogen-bond acceptors (Lipinski definition) is 4. The molecule has 2 N–H and O–H groups in total. The molecular weight excluding hydrogens is 357 g/mol. The van der Waals surface area contributed by atoms with Crippen molar-refractivity contribution in [1.82, 2.24) is 14.9 Å². The first-order valence-electron chi connectivity index (χ1n) is 9.03. The van der Waals surface area contributed by atoms with Crippen LogP contribution in [-0.4, -0.2) is 46.6 Å². The summed E-state index contributed by atoms with van der Waals surface area (Å²) < 4.78 is 41.6. The second-order valence-corrected chi connectivity index (χ2v) is 7.24. The number of carbonyl (C=O) groups excluding carboxylic acids is 1. The van der Waals surface area contributed by atoms with Crippen LogP contribution in [0.25, 0.3) is 0 Å². The van der Waals surface area contributed by atoms with Crippen LogP contribution in [0.15, 0.2) is 35.7 Å². The molecule has 8 heteroatoms. The topological polar surface area (TPSA) is 52.8 Å². The molecule has 3 atom stereocenters. The number of halogens is 3. The Hall–Kier alpha value is -2.32. The van der Waals surface area contributed by atoms with Gasteiger partial charge in [-0.05, 0) is 32.2 Å². The van der Waals surface area contributed by atoms with Crippen LogP contribution in [0.2, 0.25) is 0 Å². The van der Waals surface area contributed by atoms with Crippen molar-refractivity contribution in [3.8, 4) is 0 Å². The molecule has 2 bridgehead atoms. The van der Waals surface area contributed by atoms with Gasteiger partial charge >= 0.3 is 0 Å². The molecule has 144 valence electrons. The zero-order valence-electron chi connectivity index (χ0n) is 14.8. The number of nitrogens with zero attached hydrogens (tertiary/aromatic N) is 3. The number of hydrazine groups is 1. The van der Waals surface area contributed by atoms with Crippen molar-refractivity contribution in [2.24, 2.45) is 5.73 Å². The minimum absolute atomic E-state index is 0.109. The number of carbonyl (C=O) groups is 1. The van der Waals surface area contributed by atoms with Crippen LogP contribution in [0.3, 0.4) is 0 Å². The number of amides is 1. The molecule has 1 amide bonds. The smallest absolute Gasteiger partial charge is 0.246 e. The van der Waals surface area contributed by atoms with Crippen LogP contribution in [0.5, 0.6) is 0 Å². The number of allylic oxidation sites excluding steroid dienone is 1. The molecule has 2 saturated heterocycles. The molecule has 0 saturated carbocycles. The first kappa shape index (κ1) is 18.1. The molecule has 0 aliphatic carbocycles. The van der Waals surface area contributed by atoms with Gasteiger partial charge in [-0.1, -0.05) is 6.08 Å². The van der Waals surface area contributed by atoms with Gasteiger partial charge in [-0.3, -0.25) is 14.7 Å². The number of fused-ring (bicyclic) bond motifs is 4. The predicted octanol–water partition coefficient (Wildman–Crippen LogP) is 2.26. The van der Waals surface area contributed by atoms with E-state index in [9.17, 15) is 18.0 Å². The molecular formula is C19H21F3N4O. The first-order valence-corrected chi connectivity index (χ1v) is 9.03. The molecule has 0 spiro atoms. The van der Waals surface area contributed by atoms with Gasteiger partial charge in [0.1, 0.15) is 17.5 Å². The van der Waals surface area contributed by atoms with Crippen LogP contribution in [0, 0.1) is 17.5 Å². The number of primary amides is 1. The largest absolute Gasteiger partial charge is 0.366 e. The molecule has 0 aromatic heterocycles. The summed E-state index contributed by atoms with van der Waals surface area (Å²) in [6, 6.07) is 1.25. The van der Waals surface area contributed by atoms with E-state index >= 15 is 0 Å². The highest BCUT2D eigenvalue weighted by molar-refractivity contribution is 5.92. The zero-order chi connectivity index (χ0) is 19.1. The standard InChI is InChI=1S/C19H21F3N4O/c20-13-6-17(21)16(18(22)7-13)8-14-2-1-5-24-10-15-4-3-12(19(23)27)9-25(15)26(14)11-24/h4,6-7,9,14H,1-3,5,8,10-11H2,(H2,23,27). The molecule has 3 aliphatic rings. The number of hydrogen-bond donors (Lipinski definition) is 1. The van der Waals surface area contributed by atoms with E-state index in [1.807, 2.05) is 16.1 Å². The van der Waals surface area contributed by atoms with E-state index in [0.29, 0.717) is 18.7 Å². The van der Waals surface area contributed by atoms with E-state index in [0.717, 1.165) is 43.8 Å². The highest BCUT2D eigenvalue weighted by atomic mass is 19.1. The minimum atomic E-state index is -0.922. The van der Waals surface area contributed by atoms with E-state index in [4.69, 9.17) is 5.73 Å². The van der Waals surface area contributed by atoms with Gasteiger partial charge in [0, 0.05) is 47.8 Å². The Morgan fingerprint density at radius 3 is 2.67 bits per heavy atom. The maximum absolute atomic E-state index is 14.2. The molecule has 3 heterocycles. The van der Waals surface area contributed by atoms with Crippen molar-refractivity contribution in [2.75, 3.05) is 19.8 Å². The fourth-order valence-corrected chi connectivity index (χ4v) is 4.05. The molecule has 1 aromatic rings. The van der Waals surface area contributed by atoms with E-state index in [-0.39, 0.29) is 18.0 Å². The van der Waals surface area contributed by atoms with Crippen LogP contribution in [0.4, 0.5) is 13.2 Å². The van der Waals surface area contributed by atoms with Crippen molar-refractivity contribution in [2.45, 2.75) is 31.7 Å². The molecule has 2 fully saturated rings. The molecule has 4 rings (SSSR count). The molecule has 3 unspecified atom stereocenters. The Balaban J connectivity index is 1.66. The van der Waals surface area contributed by atoms with Crippen LogP contribution in [-0.2, 0) is 11.2 Å². The monoisotopic (exact) mass is 378 g/mol. The average Bonchev–Trinajstić information content (AvgIpc) is 2.77. The lowest BCUT2D eigenvalue weighted by Crippen LogP contribution is -2.56. The van der Waals surface area contributed by atoms with E-state index in [1.165, 1.54) is 0 Å². The van der Waals surface area contributed by atoms with Gasteiger partial charge in [-0.25, -0.2) is 13.2 Å². The van der Waals surface area contributed by atoms with Gasteiger partial charge in [-0.2, -0.15) is 5.01 Å². The van der Waals surface area contributed by atoms with Crippen molar-refractivity contribution in [3.63, 3.8) is 0 Å². The summed E-state index contributed by atoms with van der Waals surface area (Å²) in [4.78, 5) is 13.9. The van der Waals surface area contributed by atoms with Crippen LogP contribution in [0.1, 0.15) is 24.8 Å². The summed E-state index contributed by atoms with van der Waals surface area (Å²) in [6.07, 6.45) is 5.92. The van der Waals surface area contributed by atoms with Crippen molar-refractivity contribution < 1.29 is 18.0 Å². The Kier molecular flexibility index (Phi) is 4.69. The highest BCUT2D eigenvalue weighted by Gasteiger charge is 2.36. The van der Waals surface area contributed by atoms with Crippen molar-refractivity contribution >= 4 is 5.91 Å². The normalized spacial score (nSPS) is 27.4. The number of nitrogens with two attached hydrogens (primary N) is 1. The van der Waals surface area contributed by atoms with Gasteiger partial charge in [0.25, 0.3) is 0 Å². The lowest BCUT2D eigenvalue weighted by Gasteiger charge is -2.47. The van der Waals surface area contributed by atoms with Crippen molar-refractivity contribution in [1.29, 1.82) is 0 Å². The van der Waals surface area contributed by atoms with E-state index in [2.05, 4.69) is 4.90 Å². The number of benzene rings is 1. The lowest BCUT2D eigenvalue weighted by molar-refractivity contribution is -0.115. The average molecular weight is 378 g/mol. The van der Waals surface area contributed by atoms with Crippen LogP contribution >= 0.6 is 0 Å². The highest BCUT2D eigenvalue weighted by Crippen LogP contribution is 2.32. The molecule has 27 heavy (non-hydrogen) atoms. The van der Waals surface area contributed by atoms with Gasteiger partial charge < -0.3 is 5.73 Å². The summed E-state index contributed by atoms with van der Waals surface area (Å²) in [5.41, 5.74) is 6.85. The first-order chi connectivity index (χ1) is 12.9. The van der Waals surface area contributed by atoms with Gasteiger partial charge in [-0.15, -0.1) is 0 Å². The SMILES string of the molecule is NC(=O)C1=CN2C(=CC1)CN1CCCC(Cc3c(F)cc(F)cc3F)N2C1. The predicted molar refractivity (Wildman–Crippen MR) is 93.1 cm³/mol. The maximum atomic E-state index is 14.2. The minimum Gasteiger partial charge on any atom is -0.366 e. The Labute approximate surface area is 155 Å². The molecule has 0 radical (unpaired) electrons. The second kappa shape index (κ2) is 7.01. The quantitative estimate of drug-likeness (QED) is 0.877. The third kappa shape index (κ3) is 3.46. The van der Waals surface area contributed by atoms with E-state index in [1.54, 1.807) is 6.20 Å². The summed E-state index contributed by atoms with van der Waals surface area (Å²) in [5, 5.41) is 3.92. The Bertz CT molecular complexity index is 815. The van der Waals surface area contributed by atoms with Gasteiger partial charge in [0.15, 0.2) is 0 Å². The summed E-state index contributed by atoms with van der Waals surface area (Å²) >= 11 is 0. The Morgan fingerprint density at radius 2 is 1.96 bits per heavy atom. The number of rotatable bonds is 3. The fraction of sp³-hybridized carbons (Fsp3) is 0.421. The van der Waals surface area contributed by atoms with Gasteiger partial charge in [0.05, 0.1) is 6.67 Å². The fourth-order valence-electron chi connectivity index (χ4n) is 4.05. The Morgan fingerprint density at radius 1 is 1.22 bits per heavy atom. The third-order valence-corrected chi connectivity index (χ3v) is 5.43.